The number of sulfone groups is 1. The van der Waals surface area contributed by atoms with Gasteiger partial charge in [-0.1, -0.05) is 12.8 Å². The van der Waals surface area contributed by atoms with Crippen molar-refractivity contribution in [1.29, 1.82) is 0 Å². The average molecular weight is 317 g/mol. The summed E-state index contributed by atoms with van der Waals surface area (Å²) in [5.41, 5.74) is 11.1. The third kappa shape index (κ3) is 2.90. The number of anilines is 2. The number of carbonyl (C=O) groups excluding carboxylic acids is 1. The molecule has 2 heterocycles. The maximum atomic E-state index is 12.0. The number of nitrogen functional groups attached to an aromatic ring is 1. The Hall–Kier alpha value is -1.28. The molecular formula is C12H19N3O3S2. The fraction of sp³-hybridized carbons (Fsp3) is 0.583. The van der Waals surface area contributed by atoms with Gasteiger partial charge in [-0.3, -0.25) is 4.79 Å². The minimum Gasteiger partial charge on any atom is -0.396 e. The highest BCUT2D eigenvalue weighted by Gasteiger charge is 2.29. The second-order valence-electron chi connectivity index (χ2n) is 5.02. The molecule has 8 heteroatoms. The van der Waals surface area contributed by atoms with Crippen molar-refractivity contribution in [3.63, 3.8) is 0 Å². The topological polar surface area (TPSA) is 106 Å². The molecule has 0 radical (unpaired) electrons. The quantitative estimate of drug-likeness (QED) is 0.871. The van der Waals surface area contributed by atoms with Gasteiger partial charge >= 0.3 is 0 Å². The van der Waals surface area contributed by atoms with Crippen LogP contribution in [0.1, 0.15) is 35.4 Å². The van der Waals surface area contributed by atoms with E-state index < -0.39 is 15.7 Å². The van der Waals surface area contributed by atoms with Gasteiger partial charge in [0.05, 0.1) is 5.69 Å². The van der Waals surface area contributed by atoms with Gasteiger partial charge in [0.2, 0.25) is 0 Å². The van der Waals surface area contributed by atoms with E-state index in [-0.39, 0.29) is 15.5 Å². The molecule has 0 atom stereocenters. The zero-order valence-corrected chi connectivity index (χ0v) is 13.0. The first-order chi connectivity index (χ1) is 9.32. The number of carbonyl (C=O) groups is 1. The molecule has 1 aromatic rings. The first kappa shape index (κ1) is 15.1. The summed E-state index contributed by atoms with van der Waals surface area (Å²) in [6.45, 7) is 1.56. The van der Waals surface area contributed by atoms with E-state index in [1.807, 2.05) is 4.90 Å². The van der Waals surface area contributed by atoms with Crippen LogP contribution in [0.25, 0.3) is 0 Å². The van der Waals surface area contributed by atoms with Crippen molar-refractivity contribution < 1.29 is 13.2 Å². The van der Waals surface area contributed by atoms with Gasteiger partial charge < -0.3 is 16.4 Å². The average Bonchev–Trinajstić information content (AvgIpc) is 2.53. The van der Waals surface area contributed by atoms with Gasteiger partial charge in [0.15, 0.2) is 9.84 Å². The summed E-state index contributed by atoms with van der Waals surface area (Å²) >= 11 is 1.08. The van der Waals surface area contributed by atoms with Gasteiger partial charge in [-0.25, -0.2) is 8.42 Å². The largest absolute Gasteiger partial charge is 0.396 e. The zero-order valence-electron chi connectivity index (χ0n) is 11.4. The summed E-state index contributed by atoms with van der Waals surface area (Å²) in [5.74, 6) is -0.682. The Labute approximate surface area is 122 Å². The molecule has 1 saturated heterocycles. The van der Waals surface area contributed by atoms with E-state index in [0.29, 0.717) is 5.00 Å². The predicted molar refractivity (Wildman–Crippen MR) is 81.0 cm³/mol. The molecule has 1 amide bonds. The van der Waals surface area contributed by atoms with Crippen molar-refractivity contribution in [3.05, 3.63) is 4.88 Å². The van der Waals surface area contributed by atoms with E-state index in [0.717, 1.165) is 56.4 Å². The van der Waals surface area contributed by atoms with Crippen LogP contribution in [0.3, 0.4) is 0 Å². The fourth-order valence-corrected chi connectivity index (χ4v) is 5.05. The predicted octanol–water partition coefficient (Wildman–Crippen LogP) is 1.21. The summed E-state index contributed by atoms with van der Waals surface area (Å²) in [6, 6.07) is 0. The summed E-state index contributed by atoms with van der Waals surface area (Å²) in [5, 5.41) is 0.556. The van der Waals surface area contributed by atoms with E-state index in [4.69, 9.17) is 11.5 Å². The van der Waals surface area contributed by atoms with Crippen LogP contribution in [0.5, 0.6) is 0 Å². The standard InChI is InChI=1S/C12H19N3O3S2/c1-20(17,18)10-8(13)9(11(14)16)19-12(10)15-6-4-2-3-5-7-15/h2-7,13H2,1H3,(H2,14,16). The smallest absolute Gasteiger partial charge is 0.261 e. The van der Waals surface area contributed by atoms with E-state index in [1.165, 1.54) is 0 Å². The Morgan fingerprint density at radius 2 is 1.75 bits per heavy atom. The number of rotatable bonds is 3. The molecule has 0 saturated carbocycles. The normalized spacial score (nSPS) is 16.9. The van der Waals surface area contributed by atoms with Crippen molar-refractivity contribution in [1.82, 2.24) is 0 Å². The molecule has 1 aromatic heterocycles. The second-order valence-corrected chi connectivity index (χ2v) is 7.97. The fourth-order valence-electron chi connectivity index (χ4n) is 2.44. The minimum absolute atomic E-state index is 0.00996. The molecule has 1 fully saturated rings. The molecule has 0 aliphatic carbocycles. The first-order valence-electron chi connectivity index (χ1n) is 6.49. The Morgan fingerprint density at radius 3 is 2.20 bits per heavy atom. The maximum absolute atomic E-state index is 12.0. The molecule has 2 rings (SSSR count). The Bertz CT molecular complexity index is 614. The van der Waals surface area contributed by atoms with Gasteiger partial charge in [-0.2, -0.15) is 0 Å². The third-order valence-electron chi connectivity index (χ3n) is 3.37. The lowest BCUT2D eigenvalue weighted by Crippen LogP contribution is -2.24. The molecule has 0 aromatic carbocycles. The van der Waals surface area contributed by atoms with Crippen molar-refractivity contribution in [2.24, 2.45) is 5.73 Å². The van der Waals surface area contributed by atoms with Crippen molar-refractivity contribution in [3.8, 4) is 0 Å². The van der Waals surface area contributed by atoms with Crippen LogP contribution in [0.15, 0.2) is 4.90 Å². The van der Waals surface area contributed by atoms with Gasteiger partial charge in [0.25, 0.3) is 5.91 Å². The van der Waals surface area contributed by atoms with Gasteiger partial charge in [0.1, 0.15) is 14.8 Å². The van der Waals surface area contributed by atoms with Crippen LogP contribution in [0, 0.1) is 0 Å². The van der Waals surface area contributed by atoms with E-state index in [9.17, 15) is 13.2 Å². The summed E-state index contributed by atoms with van der Waals surface area (Å²) in [7, 11) is -3.50. The monoisotopic (exact) mass is 317 g/mol. The first-order valence-corrected chi connectivity index (χ1v) is 9.20. The van der Waals surface area contributed by atoms with Crippen molar-refractivity contribution in [2.45, 2.75) is 30.6 Å². The molecule has 112 valence electrons. The molecule has 0 unspecified atom stereocenters. The second kappa shape index (κ2) is 5.61. The molecular weight excluding hydrogens is 298 g/mol. The molecule has 0 spiro atoms. The number of nitrogens with two attached hydrogens (primary N) is 2. The number of hydrogen-bond acceptors (Lipinski definition) is 6. The Kier molecular flexibility index (Phi) is 4.24. The number of amides is 1. The van der Waals surface area contributed by atoms with Gasteiger partial charge in [-0.05, 0) is 12.8 Å². The highest BCUT2D eigenvalue weighted by atomic mass is 32.2. The Morgan fingerprint density at radius 1 is 1.20 bits per heavy atom. The lowest BCUT2D eigenvalue weighted by Gasteiger charge is -2.21. The SMILES string of the molecule is CS(=O)(=O)c1c(N2CCCCCC2)sc(C(N)=O)c1N. The lowest BCUT2D eigenvalue weighted by molar-refractivity contribution is 0.100. The Balaban J connectivity index is 2.56. The highest BCUT2D eigenvalue weighted by Crippen LogP contribution is 2.41. The van der Waals surface area contributed by atoms with Gasteiger partial charge in [0, 0.05) is 19.3 Å². The number of nitrogens with zero attached hydrogens (tertiary/aromatic N) is 1. The lowest BCUT2D eigenvalue weighted by atomic mass is 10.2. The highest BCUT2D eigenvalue weighted by molar-refractivity contribution is 7.91. The van der Waals surface area contributed by atoms with Gasteiger partial charge in [-0.15, -0.1) is 11.3 Å². The molecule has 1 aliphatic rings. The number of thiophene rings is 1. The van der Waals surface area contributed by atoms with Crippen LogP contribution in [0.2, 0.25) is 0 Å². The van der Waals surface area contributed by atoms with Crippen LogP contribution >= 0.6 is 11.3 Å². The van der Waals surface area contributed by atoms with Crippen LogP contribution in [-0.4, -0.2) is 33.7 Å². The minimum atomic E-state index is -3.50. The van der Waals surface area contributed by atoms with E-state index >= 15 is 0 Å². The van der Waals surface area contributed by atoms with Crippen LogP contribution < -0.4 is 16.4 Å². The molecule has 0 bridgehead atoms. The zero-order chi connectivity index (χ0) is 14.9. The van der Waals surface area contributed by atoms with Crippen molar-refractivity contribution in [2.75, 3.05) is 30.0 Å². The summed E-state index contributed by atoms with van der Waals surface area (Å²) in [4.78, 5) is 13.6. The summed E-state index contributed by atoms with van der Waals surface area (Å²) < 4.78 is 24.0. The summed E-state index contributed by atoms with van der Waals surface area (Å²) in [6.07, 6.45) is 5.39. The molecule has 1 aliphatic heterocycles. The number of primary amides is 1. The maximum Gasteiger partial charge on any atom is 0.261 e. The number of hydrogen-bond donors (Lipinski definition) is 2. The van der Waals surface area contributed by atoms with Crippen LogP contribution in [0.4, 0.5) is 10.7 Å². The van der Waals surface area contributed by atoms with E-state index in [1.54, 1.807) is 0 Å². The van der Waals surface area contributed by atoms with E-state index in [2.05, 4.69) is 0 Å². The van der Waals surface area contributed by atoms with Crippen LogP contribution in [-0.2, 0) is 9.84 Å². The third-order valence-corrected chi connectivity index (χ3v) is 5.94. The molecule has 4 N–H and O–H groups in total. The van der Waals surface area contributed by atoms with Crippen molar-refractivity contribution >= 4 is 37.8 Å². The molecule has 20 heavy (non-hydrogen) atoms. The molecule has 6 nitrogen and oxygen atoms in total.